The van der Waals surface area contributed by atoms with E-state index >= 15 is 0 Å². The van der Waals surface area contributed by atoms with Gasteiger partial charge in [-0.25, -0.2) is 0 Å². The van der Waals surface area contributed by atoms with Crippen molar-refractivity contribution in [1.29, 1.82) is 0 Å². The second kappa shape index (κ2) is 4.97. The molecule has 0 spiro atoms. The highest BCUT2D eigenvalue weighted by Gasteiger charge is 2.20. The molecule has 1 aliphatic rings. The van der Waals surface area contributed by atoms with Gasteiger partial charge in [-0.1, -0.05) is 24.3 Å². The maximum absolute atomic E-state index is 11.9. The highest BCUT2D eigenvalue weighted by atomic mass is 16.2. The molecule has 1 saturated heterocycles. The second-order valence-electron chi connectivity index (χ2n) is 4.12. The van der Waals surface area contributed by atoms with E-state index in [0.717, 1.165) is 31.5 Å². The monoisotopic (exact) mass is 215 g/mol. The molecule has 0 aromatic heterocycles. The number of hydrogen-bond acceptors (Lipinski definition) is 1. The minimum absolute atomic E-state index is 0.253. The molecule has 1 amide bonds. The highest BCUT2D eigenvalue weighted by molar-refractivity contribution is 5.94. The fraction of sp³-hybridized carbons (Fsp3) is 0.357. The topological polar surface area (TPSA) is 20.3 Å². The Labute approximate surface area is 96.6 Å². The molecule has 1 aromatic carbocycles. The van der Waals surface area contributed by atoms with Crippen LogP contribution in [0.1, 0.15) is 24.8 Å². The van der Waals surface area contributed by atoms with Crippen molar-refractivity contribution < 1.29 is 4.79 Å². The third-order valence-electron chi connectivity index (χ3n) is 2.97. The number of rotatable bonds is 3. The van der Waals surface area contributed by atoms with E-state index in [9.17, 15) is 4.79 Å². The Morgan fingerprint density at radius 1 is 1.31 bits per heavy atom. The van der Waals surface area contributed by atoms with Crippen molar-refractivity contribution in [2.75, 3.05) is 11.4 Å². The van der Waals surface area contributed by atoms with Gasteiger partial charge in [-0.2, -0.15) is 0 Å². The van der Waals surface area contributed by atoms with E-state index in [1.165, 1.54) is 5.56 Å². The first-order valence-electron chi connectivity index (χ1n) is 5.82. The molecule has 2 nitrogen and oxygen atoms in total. The SMILES string of the molecule is C=CCc1ccccc1N1CCCCC1=O. The quantitative estimate of drug-likeness (QED) is 0.710. The highest BCUT2D eigenvalue weighted by Crippen LogP contribution is 2.25. The summed E-state index contributed by atoms with van der Waals surface area (Å²) in [6.07, 6.45) is 5.52. The van der Waals surface area contributed by atoms with E-state index in [0.29, 0.717) is 6.42 Å². The first-order valence-corrected chi connectivity index (χ1v) is 5.82. The molecule has 1 aromatic rings. The van der Waals surface area contributed by atoms with Crippen molar-refractivity contribution in [2.24, 2.45) is 0 Å². The number of anilines is 1. The van der Waals surface area contributed by atoms with Crippen LogP contribution < -0.4 is 4.90 Å². The lowest BCUT2D eigenvalue weighted by Crippen LogP contribution is -2.35. The van der Waals surface area contributed by atoms with Gasteiger partial charge < -0.3 is 4.90 Å². The smallest absolute Gasteiger partial charge is 0.226 e. The summed E-state index contributed by atoms with van der Waals surface area (Å²) in [7, 11) is 0. The van der Waals surface area contributed by atoms with Gasteiger partial charge >= 0.3 is 0 Å². The van der Waals surface area contributed by atoms with Crippen LogP contribution in [0.5, 0.6) is 0 Å². The van der Waals surface area contributed by atoms with Gasteiger partial charge in [0.05, 0.1) is 0 Å². The van der Waals surface area contributed by atoms with Crippen LogP contribution in [0.3, 0.4) is 0 Å². The third kappa shape index (κ3) is 2.16. The van der Waals surface area contributed by atoms with Gasteiger partial charge in [0.15, 0.2) is 0 Å². The number of allylic oxidation sites excluding steroid dienone is 1. The molecule has 1 heterocycles. The zero-order valence-corrected chi connectivity index (χ0v) is 9.48. The van der Waals surface area contributed by atoms with Crippen LogP contribution in [0, 0.1) is 0 Å². The zero-order chi connectivity index (χ0) is 11.4. The number of amides is 1. The predicted octanol–water partition coefficient (Wildman–Crippen LogP) is 2.93. The van der Waals surface area contributed by atoms with Gasteiger partial charge in [0.2, 0.25) is 5.91 Å². The summed E-state index contributed by atoms with van der Waals surface area (Å²) in [6.45, 7) is 4.61. The van der Waals surface area contributed by atoms with E-state index in [4.69, 9.17) is 0 Å². The largest absolute Gasteiger partial charge is 0.312 e. The standard InChI is InChI=1S/C14H17NO/c1-2-7-12-8-3-4-9-13(12)15-11-6-5-10-14(15)16/h2-4,8-9H,1,5-7,10-11H2. The Hall–Kier alpha value is -1.57. The molecule has 2 rings (SSSR count). The predicted molar refractivity (Wildman–Crippen MR) is 66.5 cm³/mol. The van der Waals surface area contributed by atoms with Crippen LogP contribution in [0.25, 0.3) is 0 Å². The molecule has 16 heavy (non-hydrogen) atoms. The zero-order valence-electron chi connectivity index (χ0n) is 9.48. The first-order chi connectivity index (χ1) is 7.83. The molecular formula is C14H17NO. The van der Waals surface area contributed by atoms with Crippen molar-refractivity contribution in [3.05, 3.63) is 42.5 Å². The summed E-state index contributed by atoms with van der Waals surface area (Å²) in [5.41, 5.74) is 2.25. The van der Waals surface area contributed by atoms with Crippen molar-refractivity contribution in [3.8, 4) is 0 Å². The minimum atomic E-state index is 0.253. The number of piperidine rings is 1. The fourth-order valence-corrected chi connectivity index (χ4v) is 2.16. The second-order valence-corrected chi connectivity index (χ2v) is 4.12. The minimum Gasteiger partial charge on any atom is -0.312 e. The van der Waals surface area contributed by atoms with Crippen LogP contribution in [0.15, 0.2) is 36.9 Å². The molecule has 0 unspecified atom stereocenters. The lowest BCUT2D eigenvalue weighted by Gasteiger charge is -2.28. The van der Waals surface area contributed by atoms with E-state index in [-0.39, 0.29) is 5.91 Å². The summed E-state index contributed by atoms with van der Waals surface area (Å²) >= 11 is 0. The molecule has 1 aliphatic heterocycles. The maximum atomic E-state index is 11.9. The van der Waals surface area contributed by atoms with E-state index < -0.39 is 0 Å². The summed E-state index contributed by atoms with van der Waals surface area (Å²) in [4.78, 5) is 13.8. The summed E-state index contributed by atoms with van der Waals surface area (Å²) in [6, 6.07) is 8.10. The van der Waals surface area contributed by atoms with Crippen molar-refractivity contribution in [1.82, 2.24) is 0 Å². The summed E-state index contributed by atoms with van der Waals surface area (Å²) < 4.78 is 0. The van der Waals surface area contributed by atoms with Crippen LogP contribution in [0.4, 0.5) is 5.69 Å². The first kappa shape index (κ1) is 10.9. The lowest BCUT2D eigenvalue weighted by molar-refractivity contribution is -0.119. The molecule has 0 N–H and O–H groups in total. The van der Waals surface area contributed by atoms with Crippen LogP contribution in [-0.4, -0.2) is 12.5 Å². The van der Waals surface area contributed by atoms with Gasteiger partial charge in [0.1, 0.15) is 0 Å². The van der Waals surface area contributed by atoms with Crippen LogP contribution >= 0.6 is 0 Å². The van der Waals surface area contributed by atoms with Gasteiger partial charge in [-0.3, -0.25) is 4.79 Å². The van der Waals surface area contributed by atoms with Gasteiger partial charge in [-0.15, -0.1) is 6.58 Å². The van der Waals surface area contributed by atoms with E-state index in [2.05, 4.69) is 12.6 Å². The third-order valence-corrected chi connectivity index (χ3v) is 2.97. The van der Waals surface area contributed by atoms with Gasteiger partial charge in [-0.05, 0) is 30.9 Å². The van der Waals surface area contributed by atoms with Crippen molar-refractivity contribution in [3.63, 3.8) is 0 Å². The molecule has 0 saturated carbocycles. The summed E-state index contributed by atoms with van der Waals surface area (Å²) in [5, 5.41) is 0. The molecule has 2 heteroatoms. The lowest BCUT2D eigenvalue weighted by atomic mass is 10.0. The Bertz CT molecular complexity index is 397. The average molecular weight is 215 g/mol. The van der Waals surface area contributed by atoms with Crippen LogP contribution in [-0.2, 0) is 11.2 Å². The van der Waals surface area contributed by atoms with Crippen molar-refractivity contribution in [2.45, 2.75) is 25.7 Å². The van der Waals surface area contributed by atoms with E-state index in [1.54, 1.807) is 0 Å². The number of nitrogens with zero attached hydrogens (tertiary/aromatic N) is 1. The van der Waals surface area contributed by atoms with Crippen LogP contribution in [0.2, 0.25) is 0 Å². The van der Waals surface area contributed by atoms with Gasteiger partial charge in [0.25, 0.3) is 0 Å². The molecule has 0 atom stereocenters. The Morgan fingerprint density at radius 2 is 2.12 bits per heavy atom. The normalized spacial score (nSPS) is 16.2. The maximum Gasteiger partial charge on any atom is 0.226 e. The fourth-order valence-electron chi connectivity index (χ4n) is 2.16. The summed E-state index contributed by atoms with van der Waals surface area (Å²) in [5.74, 6) is 0.253. The number of benzene rings is 1. The average Bonchev–Trinajstić information content (AvgIpc) is 2.31. The number of para-hydroxylation sites is 1. The molecule has 84 valence electrons. The number of carbonyl (C=O) groups excluding carboxylic acids is 1. The molecule has 1 fully saturated rings. The Kier molecular flexibility index (Phi) is 3.40. The van der Waals surface area contributed by atoms with Gasteiger partial charge in [0, 0.05) is 18.7 Å². The molecule has 0 bridgehead atoms. The Morgan fingerprint density at radius 3 is 2.88 bits per heavy atom. The Balaban J connectivity index is 2.30. The molecule has 0 aliphatic carbocycles. The number of hydrogen-bond donors (Lipinski definition) is 0. The van der Waals surface area contributed by atoms with E-state index in [1.807, 2.05) is 29.2 Å². The molecular weight excluding hydrogens is 198 g/mol. The number of carbonyl (C=O) groups is 1. The van der Waals surface area contributed by atoms with Crippen molar-refractivity contribution >= 4 is 11.6 Å². The molecule has 0 radical (unpaired) electrons.